The third kappa shape index (κ3) is 5.12. The van der Waals surface area contributed by atoms with Gasteiger partial charge in [-0.1, -0.05) is 0 Å². The fourth-order valence-corrected chi connectivity index (χ4v) is 4.35. The van der Waals surface area contributed by atoms with Gasteiger partial charge in [0.15, 0.2) is 0 Å². The average molecular weight is 486 g/mol. The topological polar surface area (TPSA) is 79.8 Å². The zero-order chi connectivity index (χ0) is 21.2. The first-order valence-electron chi connectivity index (χ1n) is 8.97. The van der Waals surface area contributed by atoms with Gasteiger partial charge in [-0.25, -0.2) is 22.1 Å². The van der Waals surface area contributed by atoms with Gasteiger partial charge in [0.2, 0.25) is 15.9 Å². The lowest BCUT2D eigenvalue weighted by Gasteiger charge is -2.35. The van der Waals surface area contributed by atoms with Crippen LogP contribution in [0.3, 0.4) is 0 Å². The number of aromatic nitrogens is 1. The molecule has 2 heterocycles. The maximum atomic E-state index is 13.3. The van der Waals surface area contributed by atoms with Crippen molar-refractivity contribution in [2.75, 3.05) is 26.4 Å². The van der Waals surface area contributed by atoms with Crippen molar-refractivity contribution < 1.29 is 22.3 Å². The molecule has 0 bridgehead atoms. The van der Waals surface area contributed by atoms with Crippen molar-refractivity contribution in [3.8, 4) is 11.6 Å². The number of benzene rings is 1. The van der Waals surface area contributed by atoms with Gasteiger partial charge in [0.1, 0.15) is 17.1 Å². The number of carbonyl (C=O) groups excluding carboxylic acids is 1. The van der Waals surface area contributed by atoms with E-state index >= 15 is 0 Å². The van der Waals surface area contributed by atoms with Crippen LogP contribution in [0, 0.1) is 5.82 Å². The van der Waals surface area contributed by atoms with Gasteiger partial charge < -0.3 is 9.64 Å². The molecule has 0 aliphatic carbocycles. The molecule has 3 rings (SSSR count). The minimum atomic E-state index is -3.27. The molecular formula is C19H21BrFN3O4S. The number of ether oxygens (including phenoxy) is 1. The summed E-state index contributed by atoms with van der Waals surface area (Å²) in [7, 11) is -1.71. The Labute approximate surface area is 177 Å². The SMILES string of the molecule is CN(C1CCN(C(=O)c2cccnc2Oc2ccc(F)cc2Br)CC1)S(C)(=O)=O. The van der Waals surface area contributed by atoms with E-state index in [1.54, 1.807) is 24.1 Å². The van der Waals surface area contributed by atoms with E-state index in [9.17, 15) is 17.6 Å². The Hall–Kier alpha value is -2.04. The van der Waals surface area contributed by atoms with Gasteiger partial charge in [-0.3, -0.25) is 4.79 Å². The van der Waals surface area contributed by atoms with Gasteiger partial charge in [0, 0.05) is 32.4 Å². The summed E-state index contributed by atoms with van der Waals surface area (Å²) in [5.41, 5.74) is 0.290. The molecular weight excluding hydrogens is 465 g/mol. The lowest BCUT2D eigenvalue weighted by Crippen LogP contribution is -2.47. The number of amides is 1. The first-order chi connectivity index (χ1) is 13.7. The van der Waals surface area contributed by atoms with Crippen molar-refractivity contribution in [1.82, 2.24) is 14.2 Å². The molecule has 1 amide bonds. The second-order valence-electron chi connectivity index (χ2n) is 6.84. The van der Waals surface area contributed by atoms with Gasteiger partial charge in [0.25, 0.3) is 5.91 Å². The molecule has 1 saturated heterocycles. The number of sulfonamides is 1. The highest BCUT2D eigenvalue weighted by atomic mass is 79.9. The van der Waals surface area contributed by atoms with Crippen molar-refractivity contribution in [2.24, 2.45) is 0 Å². The van der Waals surface area contributed by atoms with Gasteiger partial charge in [-0.2, -0.15) is 0 Å². The number of hydrogen-bond acceptors (Lipinski definition) is 5. The molecule has 0 spiro atoms. The van der Waals surface area contributed by atoms with Crippen LogP contribution >= 0.6 is 15.9 Å². The zero-order valence-corrected chi connectivity index (χ0v) is 18.4. The van der Waals surface area contributed by atoms with Crippen LogP contribution < -0.4 is 4.74 Å². The Balaban J connectivity index is 1.74. The number of pyridine rings is 1. The highest BCUT2D eigenvalue weighted by Crippen LogP contribution is 2.31. The minimum Gasteiger partial charge on any atom is -0.437 e. The zero-order valence-electron chi connectivity index (χ0n) is 16.0. The van der Waals surface area contributed by atoms with E-state index in [-0.39, 0.29) is 17.8 Å². The maximum absolute atomic E-state index is 13.3. The molecule has 0 atom stereocenters. The predicted molar refractivity (Wildman–Crippen MR) is 110 cm³/mol. The Kier molecular flexibility index (Phi) is 6.55. The number of piperidine rings is 1. The number of likely N-dealkylation sites (tertiary alicyclic amines) is 1. The van der Waals surface area contributed by atoms with Crippen molar-refractivity contribution in [1.29, 1.82) is 0 Å². The van der Waals surface area contributed by atoms with E-state index in [0.29, 0.717) is 41.7 Å². The van der Waals surface area contributed by atoms with Gasteiger partial charge in [-0.15, -0.1) is 0 Å². The lowest BCUT2D eigenvalue weighted by atomic mass is 10.0. The highest BCUT2D eigenvalue weighted by Gasteiger charge is 2.30. The molecule has 1 aromatic heterocycles. The van der Waals surface area contributed by atoms with Crippen LogP contribution in [0.15, 0.2) is 41.0 Å². The standard InChI is InChI=1S/C19H21BrFN3O4S/c1-23(29(2,26)27)14-7-10-24(11-8-14)19(25)15-4-3-9-22-18(15)28-17-6-5-13(21)12-16(17)20/h3-6,9,12,14H,7-8,10-11H2,1-2H3. The summed E-state index contributed by atoms with van der Waals surface area (Å²) in [5, 5.41) is 0. The monoisotopic (exact) mass is 485 g/mol. The Bertz CT molecular complexity index is 1010. The highest BCUT2D eigenvalue weighted by molar-refractivity contribution is 9.10. The van der Waals surface area contributed by atoms with Crippen LogP contribution in [0.4, 0.5) is 4.39 Å². The number of rotatable bonds is 5. The van der Waals surface area contributed by atoms with Crippen LogP contribution in [0.2, 0.25) is 0 Å². The summed E-state index contributed by atoms with van der Waals surface area (Å²) >= 11 is 3.24. The molecule has 1 fully saturated rings. The van der Waals surface area contributed by atoms with E-state index in [1.165, 1.54) is 35.0 Å². The number of hydrogen-bond donors (Lipinski definition) is 0. The van der Waals surface area contributed by atoms with E-state index < -0.39 is 15.8 Å². The summed E-state index contributed by atoms with van der Waals surface area (Å²) in [5.74, 6) is -0.192. The van der Waals surface area contributed by atoms with Crippen molar-refractivity contribution in [2.45, 2.75) is 18.9 Å². The van der Waals surface area contributed by atoms with Crippen LogP contribution in [-0.4, -0.2) is 60.9 Å². The molecule has 0 radical (unpaired) electrons. The molecule has 29 heavy (non-hydrogen) atoms. The molecule has 0 unspecified atom stereocenters. The molecule has 1 aromatic carbocycles. The lowest BCUT2D eigenvalue weighted by molar-refractivity contribution is 0.0683. The first kappa shape index (κ1) is 21.7. The number of halogens is 2. The molecule has 156 valence electrons. The first-order valence-corrected chi connectivity index (χ1v) is 11.6. The van der Waals surface area contributed by atoms with E-state index in [1.807, 2.05) is 0 Å². The Morgan fingerprint density at radius 3 is 2.62 bits per heavy atom. The fraction of sp³-hybridized carbons (Fsp3) is 0.368. The number of carbonyl (C=O) groups is 1. The normalized spacial score (nSPS) is 15.6. The summed E-state index contributed by atoms with van der Waals surface area (Å²) in [4.78, 5) is 18.8. The molecule has 7 nitrogen and oxygen atoms in total. The van der Waals surface area contributed by atoms with Crippen LogP contribution in [0.25, 0.3) is 0 Å². The molecule has 10 heteroatoms. The van der Waals surface area contributed by atoms with Crippen LogP contribution in [-0.2, 0) is 10.0 Å². The van der Waals surface area contributed by atoms with Crippen LogP contribution in [0.1, 0.15) is 23.2 Å². The van der Waals surface area contributed by atoms with Gasteiger partial charge in [0.05, 0.1) is 10.7 Å². The van der Waals surface area contributed by atoms with E-state index in [4.69, 9.17) is 4.74 Å². The summed E-state index contributed by atoms with van der Waals surface area (Å²) < 4.78 is 44.3. The Morgan fingerprint density at radius 2 is 2.00 bits per heavy atom. The third-order valence-electron chi connectivity index (χ3n) is 4.89. The van der Waals surface area contributed by atoms with Crippen molar-refractivity contribution in [3.63, 3.8) is 0 Å². The molecule has 0 saturated carbocycles. The van der Waals surface area contributed by atoms with Gasteiger partial charge in [-0.05, 0) is 59.1 Å². The fourth-order valence-electron chi connectivity index (χ4n) is 3.17. The molecule has 1 aliphatic rings. The molecule has 2 aromatic rings. The largest absolute Gasteiger partial charge is 0.437 e. The second kappa shape index (κ2) is 8.76. The molecule has 1 aliphatic heterocycles. The Morgan fingerprint density at radius 1 is 1.31 bits per heavy atom. The molecule has 0 N–H and O–H groups in total. The summed E-state index contributed by atoms with van der Waals surface area (Å²) in [6.07, 6.45) is 3.79. The predicted octanol–water partition coefficient (Wildman–Crippen LogP) is 3.27. The third-order valence-corrected chi connectivity index (χ3v) is 6.86. The van der Waals surface area contributed by atoms with Crippen molar-refractivity contribution in [3.05, 3.63) is 52.4 Å². The van der Waals surface area contributed by atoms with E-state index in [0.717, 1.165) is 0 Å². The second-order valence-corrected chi connectivity index (χ2v) is 9.73. The van der Waals surface area contributed by atoms with Crippen molar-refractivity contribution >= 4 is 31.9 Å². The summed E-state index contributed by atoms with van der Waals surface area (Å²) in [6, 6.07) is 7.11. The maximum Gasteiger partial charge on any atom is 0.259 e. The quantitative estimate of drug-likeness (QED) is 0.649. The smallest absolute Gasteiger partial charge is 0.259 e. The average Bonchev–Trinajstić information content (AvgIpc) is 2.69. The van der Waals surface area contributed by atoms with E-state index in [2.05, 4.69) is 20.9 Å². The van der Waals surface area contributed by atoms with Crippen LogP contribution in [0.5, 0.6) is 11.6 Å². The summed E-state index contributed by atoms with van der Waals surface area (Å²) in [6.45, 7) is 0.857. The van der Waals surface area contributed by atoms with Gasteiger partial charge >= 0.3 is 0 Å². The number of nitrogens with zero attached hydrogens (tertiary/aromatic N) is 3. The minimum absolute atomic E-state index is 0.125.